The third-order valence-electron chi connectivity index (χ3n) is 3.14. The van der Waals surface area contributed by atoms with Crippen LogP contribution in [-0.4, -0.2) is 18.6 Å². The van der Waals surface area contributed by atoms with Gasteiger partial charge in [-0.3, -0.25) is 0 Å². The van der Waals surface area contributed by atoms with E-state index >= 15 is 0 Å². The van der Waals surface area contributed by atoms with E-state index in [1.807, 2.05) is 17.6 Å². The van der Waals surface area contributed by atoms with Crippen molar-refractivity contribution in [3.8, 4) is 5.75 Å². The summed E-state index contributed by atoms with van der Waals surface area (Å²) in [5.74, 6) is 0.909. The Labute approximate surface area is 118 Å². The van der Waals surface area contributed by atoms with Crippen LogP contribution >= 0.6 is 11.3 Å². The molecule has 0 radical (unpaired) electrons. The van der Waals surface area contributed by atoms with Crippen LogP contribution < -0.4 is 10.1 Å². The molecule has 3 nitrogen and oxygen atoms in total. The number of aromatic nitrogens is 1. The Morgan fingerprint density at radius 2 is 2.11 bits per heavy atom. The number of nitrogens with one attached hydrogen (secondary N) is 1. The summed E-state index contributed by atoms with van der Waals surface area (Å²) in [4.78, 5) is 4.41. The lowest BCUT2D eigenvalue weighted by Crippen LogP contribution is -2.21. The number of thiazole rings is 1. The van der Waals surface area contributed by atoms with Crippen molar-refractivity contribution in [3.63, 3.8) is 0 Å². The van der Waals surface area contributed by atoms with Crippen molar-refractivity contribution < 1.29 is 4.74 Å². The van der Waals surface area contributed by atoms with Gasteiger partial charge in [0.2, 0.25) is 0 Å². The molecule has 4 heteroatoms. The zero-order chi connectivity index (χ0) is 13.5. The van der Waals surface area contributed by atoms with E-state index in [2.05, 4.69) is 34.7 Å². The molecular weight excluding hydrogens is 256 g/mol. The lowest BCUT2D eigenvalue weighted by atomic mass is 10.0. The fourth-order valence-corrected chi connectivity index (χ4v) is 2.71. The quantitative estimate of drug-likeness (QED) is 0.841. The summed E-state index contributed by atoms with van der Waals surface area (Å²) in [6, 6.07) is 8.63. The topological polar surface area (TPSA) is 34.1 Å². The van der Waals surface area contributed by atoms with Gasteiger partial charge in [0.15, 0.2) is 0 Å². The van der Waals surface area contributed by atoms with Crippen LogP contribution in [-0.2, 0) is 6.42 Å². The molecule has 0 aliphatic heterocycles. The molecule has 0 aliphatic rings. The second kappa shape index (κ2) is 7.26. The molecule has 0 bridgehead atoms. The van der Waals surface area contributed by atoms with Gasteiger partial charge in [0.25, 0.3) is 0 Å². The SMILES string of the molecule is CCNC(CCc1ccc(OC)cc1)c1cscn1. The maximum absolute atomic E-state index is 5.17. The highest BCUT2D eigenvalue weighted by molar-refractivity contribution is 7.07. The van der Waals surface area contributed by atoms with Crippen LogP contribution in [0.15, 0.2) is 35.2 Å². The minimum atomic E-state index is 0.346. The van der Waals surface area contributed by atoms with Crippen LogP contribution in [0.1, 0.15) is 30.6 Å². The van der Waals surface area contributed by atoms with Crippen molar-refractivity contribution >= 4 is 11.3 Å². The lowest BCUT2D eigenvalue weighted by Gasteiger charge is -2.15. The van der Waals surface area contributed by atoms with Gasteiger partial charge in [-0.2, -0.15) is 0 Å². The molecule has 1 aromatic carbocycles. The minimum Gasteiger partial charge on any atom is -0.497 e. The molecule has 1 N–H and O–H groups in total. The van der Waals surface area contributed by atoms with Gasteiger partial charge in [0, 0.05) is 5.38 Å². The van der Waals surface area contributed by atoms with E-state index in [0.29, 0.717) is 6.04 Å². The van der Waals surface area contributed by atoms with Gasteiger partial charge in [0.1, 0.15) is 5.75 Å². The average molecular weight is 276 g/mol. The Hall–Kier alpha value is -1.39. The zero-order valence-corrected chi connectivity index (χ0v) is 12.2. The minimum absolute atomic E-state index is 0.346. The number of methoxy groups -OCH3 is 1. The third kappa shape index (κ3) is 4.04. The summed E-state index contributed by atoms with van der Waals surface area (Å²) in [5.41, 5.74) is 4.38. The number of hydrogen-bond donors (Lipinski definition) is 1. The molecule has 19 heavy (non-hydrogen) atoms. The number of hydrogen-bond acceptors (Lipinski definition) is 4. The summed E-state index contributed by atoms with van der Waals surface area (Å²) in [7, 11) is 1.69. The second-order valence-corrected chi connectivity index (χ2v) is 5.13. The maximum atomic E-state index is 5.17. The molecule has 0 aliphatic carbocycles. The van der Waals surface area contributed by atoms with Gasteiger partial charge in [-0.15, -0.1) is 11.3 Å². The van der Waals surface area contributed by atoms with Gasteiger partial charge < -0.3 is 10.1 Å². The van der Waals surface area contributed by atoms with Crippen LogP contribution in [0.2, 0.25) is 0 Å². The summed E-state index contributed by atoms with van der Waals surface area (Å²) in [5, 5.41) is 5.62. The average Bonchev–Trinajstić information content (AvgIpc) is 2.98. The predicted octanol–water partition coefficient (Wildman–Crippen LogP) is 3.44. The molecule has 0 fully saturated rings. The van der Waals surface area contributed by atoms with E-state index in [9.17, 15) is 0 Å². The highest BCUT2D eigenvalue weighted by Gasteiger charge is 2.12. The van der Waals surface area contributed by atoms with Crippen LogP contribution in [0.4, 0.5) is 0 Å². The second-order valence-electron chi connectivity index (χ2n) is 4.41. The van der Waals surface area contributed by atoms with Gasteiger partial charge in [0.05, 0.1) is 24.4 Å². The molecule has 0 amide bonds. The van der Waals surface area contributed by atoms with Crippen molar-refractivity contribution in [2.75, 3.05) is 13.7 Å². The third-order valence-corrected chi connectivity index (χ3v) is 3.74. The van der Waals surface area contributed by atoms with E-state index < -0.39 is 0 Å². The highest BCUT2D eigenvalue weighted by Crippen LogP contribution is 2.20. The molecule has 0 saturated carbocycles. The lowest BCUT2D eigenvalue weighted by molar-refractivity contribution is 0.414. The van der Waals surface area contributed by atoms with E-state index in [1.54, 1.807) is 18.4 Å². The fraction of sp³-hybridized carbons (Fsp3) is 0.400. The summed E-state index contributed by atoms with van der Waals surface area (Å²) in [6.07, 6.45) is 2.10. The Bertz CT molecular complexity index is 467. The monoisotopic (exact) mass is 276 g/mol. The number of nitrogens with zero attached hydrogens (tertiary/aromatic N) is 1. The van der Waals surface area contributed by atoms with Crippen LogP contribution in [0.3, 0.4) is 0 Å². The van der Waals surface area contributed by atoms with Crippen molar-refractivity contribution in [1.29, 1.82) is 0 Å². The van der Waals surface area contributed by atoms with Crippen LogP contribution in [0, 0.1) is 0 Å². The first-order valence-corrected chi connectivity index (χ1v) is 7.52. The van der Waals surface area contributed by atoms with Gasteiger partial charge in [-0.1, -0.05) is 19.1 Å². The Morgan fingerprint density at radius 3 is 2.68 bits per heavy atom. The number of rotatable bonds is 7. The van der Waals surface area contributed by atoms with Gasteiger partial charge in [-0.05, 0) is 37.1 Å². The van der Waals surface area contributed by atoms with Gasteiger partial charge in [-0.25, -0.2) is 4.98 Å². The highest BCUT2D eigenvalue weighted by atomic mass is 32.1. The van der Waals surface area contributed by atoms with Crippen molar-refractivity contribution in [2.24, 2.45) is 0 Å². The molecule has 1 atom stereocenters. The summed E-state index contributed by atoms with van der Waals surface area (Å²) < 4.78 is 5.17. The van der Waals surface area contributed by atoms with Gasteiger partial charge >= 0.3 is 0 Å². The maximum Gasteiger partial charge on any atom is 0.118 e. The first kappa shape index (κ1) is 14.0. The molecule has 0 spiro atoms. The largest absolute Gasteiger partial charge is 0.497 e. The predicted molar refractivity (Wildman–Crippen MR) is 79.8 cm³/mol. The zero-order valence-electron chi connectivity index (χ0n) is 11.4. The number of aryl methyl sites for hydroxylation is 1. The first-order chi connectivity index (χ1) is 9.33. The molecule has 2 rings (SSSR count). The Kier molecular flexibility index (Phi) is 5.36. The summed E-state index contributed by atoms with van der Waals surface area (Å²) >= 11 is 1.65. The van der Waals surface area contributed by atoms with Crippen molar-refractivity contribution in [3.05, 3.63) is 46.4 Å². The van der Waals surface area contributed by atoms with Crippen LogP contribution in [0.25, 0.3) is 0 Å². The van der Waals surface area contributed by atoms with E-state index in [4.69, 9.17) is 4.74 Å². The molecule has 2 aromatic rings. The Balaban J connectivity index is 1.94. The molecule has 0 saturated heterocycles. The molecule has 1 unspecified atom stereocenters. The van der Waals surface area contributed by atoms with Crippen LogP contribution in [0.5, 0.6) is 5.75 Å². The standard InChI is InChI=1S/C15H20N2OS/c1-3-16-14(15-10-19-11-17-15)9-6-12-4-7-13(18-2)8-5-12/h4-5,7-8,10-11,14,16H,3,6,9H2,1-2H3. The van der Waals surface area contributed by atoms with E-state index in [1.165, 1.54) is 5.56 Å². The first-order valence-electron chi connectivity index (χ1n) is 6.58. The van der Waals surface area contributed by atoms with E-state index in [0.717, 1.165) is 30.8 Å². The normalized spacial score (nSPS) is 12.3. The van der Waals surface area contributed by atoms with E-state index in [-0.39, 0.29) is 0 Å². The van der Waals surface area contributed by atoms with Crippen molar-refractivity contribution in [1.82, 2.24) is 10.3 Å². The molecule has 102 valence electrons. The molecule has 1 heterocycles. The number of benzene rings is 1. The smallest absolute Gasteiger partial charge is 0.118 e. The molecular formula is C15H20N2OS. The Morgan fingerprint density at radius 1 is 1.32 bits per heavy atom. The molecule has 1 aromatic heterocycles. The summed E-state index contributed by atoms with van der Waals surface area (Å²) in [6.45, 7) is 3.09. The fourth-order valence-electron chi connectivity index (χ4n) is 2.10. The van der Waals surface area contributed by atoms with Crippen molar-refractivity contribution in [2.45, 2.75) is 25.8 Å². The number of ether oxygens (including phenoxy) is 1.